The van der Waals surface area contributed by atoms with Gasteiger partial charge in [0.2, 0.25) is 0 Å². The molecule has 1 unspecified atom stereocenters. The predicted molar refractivity (Wildman–Crippen MR) is 75.2 cm³/mol. The molecule has 19 heavy (non-hydrogen) atoms. The van der Waals surface area contributed by atoms with Crippen molar-refractivity contribution in [2.75, 3.05) is 20.1 Å². The summed E-state index contributed by atoms with van der Waals surface area (Å²) in [5.41, 5.74) is 1.62. The van der Waals surface area contributed by atoms with Crippen LogP contribution >= 0.6 is 0 Å². The van der Waals surface area contributed by atoms with E-state index in [1.807, 2.05) is 32.1 Å². The first kappa shape index (κ1) is 14.1. The van der Waals surface area contributed by atoms with Crippen molar-refractivity contribution in [3.05, 3.63) is 17.5 Å². The Hall–Kier alpha value is -1.36. The van der Waals surface area contributed by atoms with Gasteiger partial charge in [-0.05, 0) is 25.8 Å². The highest BCUT2D eigenvalue weighted by atomic mass is 16.2. The van der Waals surface area contributed by atoms with Crippen LogP contribution in [0.2, 0.25) is 0 Å². The number of piperidine rings is 1. The third-order valence-corrected chi connectivity index (χ3v) is 3.72. The topological polar surface area (TPSA) is 50.2 Å². The van der Waals surface area contributed by atoms with Crippen LogP contribution in [0.5, 0.6) is 0 Å². The van der Waals surface area contributed by atoms with Crippen molar-refractivity contribution in [2.24, 2.45) is 7.05 Å². The normalized spacial score (nSPS) is 19.4. The fourth-order valence-corrected chi connectivity index (χ4v) is 2.67. The lowest BCUT2D eigenvalue weighted by Crippen LogP contribution is -2.44. The molecule has 2 rings (SSSR count). The molecule has 0 radical (unpaired) electrons. The first-order valence-electron chi connectivity index (χ1n) is 7.13. The lowest BCUT2D eigenvalue weighted by atomic mass is 10.0. The van der Waals surface area contributed by atoms with Gasteiger partial charge in [0.25, 0.3) is 5.91 Å². The summed E-state index contributed by atoms with van der Waals surface area (Å²) in [5, 5.41) is 7.81. The second-order valence-corrected chi connectivity index (χ2v) is 5.35. The Balaban J connectivity index is 2.01. The van der Waals surface area contributed by atoms with Crippen molar-refractivity contribution in [1.29, 1.82) is 0 Å². The third kappa shape index (κ3) is 3.35. The number of likely N-dealkylation sites (N-methyl/N-ethyl adjacent to an activating group) is 1. The molecule has 1 aromatic heterocycles. The maximum Gasteiger partial charge on any atom is 0.257 e. The van der Waals surface area contributed by atoms with Gasteiger partial charge in [-0.2, -0.15) is 5.10 Å². The molecule has 0 spiro atoms. The maximum absolute atomic E-state index is 12.5. The molecular formula is C14H24N4O. The molecule has 1 saturated heterocycles. The zero-order valence-electron chi connectivity index (χ0n) is 12.1. The smallest absolute Gasteiger partial charge is 0.257 e. The summed E-state index contributed by atoms with van der Waals surface area (Å²) in [6.45, 7) is 3.87. The SMILES string of the molecule is CCc1nn(C)cc1C(=O)N(C)CC1CCCCN1. The van der Waals surface area contributed by atoms with Gasteiger partial charge in [0.15, 0.2) is 0 Å². The van der Waals surface area contributed by atoms with Crippen molar-refractivity contribution in [1.82, 2.24) is 20.0 Å². The molecule has 1 N–H and O–H groups in total. The van der Waals surface area contributed by atoms with E-state index >= 15 is 0 Å². The first-order valence-corrected chi connectivity index (χ1v) is 7.13. The number of aryl methyl sites for hydroxylation is 2. The molecule has 5 heteroatoms. The molecule has 2 heterocycles. The van der Waals surface area contributed by atoms with E-state index in [-0.39, 0.29) is 5.91 Å². The molecule has 0 aromatic carbocycles. The highest BCUT2D eigenvalue weighted by Crippen LogP contribution is 2.12. The molecular weight excluding hydrogens is 240 g/mol. The highest BCUT2D eigenvalue weighted by molar-refractivity contribution is 5.95. The number of nitrogens with one attached hydrogen (secondary N) is 1. The molecule has 0 bridgehead atoms. The molecule has 1 atom stereocenters. The van der Waals surface area contributed by atoms with E-state index in [1.54, 1.807) is 4.68 Å². The second-order valence-electron chi connectivity index (χ2n) is 5.35. The Kier molecular flexibility index (Phi) is 4.58. The summed E-state index contributed by atoms with van der Waals surface area (Å²) in [6.07, 6.45) is 6.28. The van der Waals surface area contributed by atoms with Crippen molar-refractivity contribution >= 4 is 5.91 Å². The van der Waals surface area contributed by atoms with Crippen LogP contribution in [0.25, 0.3) is 0 Å². The monoisotopic (exact) mass is 264 g/mol. The minimum absolute atomic E-state index is 0.0809. The minimum Gasteiger partial charge on any atom is -0.340 e. The van der Waals surface area contributed by atoms with Crippen molar-refractivity contribution in [3.63, 3.8) is 0 Å². The number of hydrogen-bond acceptors (Lipinski definition) is 3. The third-order valence-electron chi connectivity index (χ3n) is 3.72. The molecule has 1 fully saturated rings. The van der Waals surface area contributed by atoms with Gasteiger partial charge >= 0.3 is 0 Å². The Morgan fingerprint density at radius 1 is 1.58 bits per heavy atom. The molecule has 0 saturated carbocycles. The second kappa shape index (κ2) is 6.19. The molecule has 0 aliphatic carbocycles. The molecule has 106 valence electrons. The van der Waals surface area contributed by atoms with Crippen LogP contribution in [0.1, 0.15) is 42.2 Å². The first-order chi connectivity index (χ1) is 9.11. The van der Waals surface area contributed by atoms with Gasteiger partial charge in [0, 0.05) is 32.9 Å². The Labute approximate surface area is 115 Å². The van der Waals surface area contributed by atoms with E-state index in [0.29, 0.717) is 6.04 Å². The van der Waals surface area contributed by atoms with Crippen molar-refractivity contribution < 1.29 is 4.79 Å². The summed E-state index contributed by atoms with van der Waals surface area (Å²) >= 11 is 0. The van der Waals surface area contributed by atoms with Crippen LogP contribution in [0.3, 0.4) is 0 Å². The standard InChI is InChI=1S/C14H24N4O/c1-4-13-12(10-18(3)16-13)14(19)17(2)9-11-7-5-6-8-15-11/h10-11,15H,4-9H2,1-3H3. The van der Waals surface area contributed by atoms with E-state index in [9.17, 15) is 4.79 Å². The van der Waals surface area contributed by atoms with Gasteiger partial charge < -0.3 is 10.2 Å². The number of carbonyl (C=O) groups excluding carboxylic acids is 1. The summed E-state index contributed by atoms with van der Waals surface area (Å²) in [7, 11) is 3.74. The van der Waals surface area contributed by atoms with E-state index in [2.05, 4.69) is 10.4 Å². The van der Waals surface area contributed by atoms with E-state index in [4.69, 9.17) is 0 Å². The Morgan fingerprint density at radius 2 is 2.37 bits per heavy atom. The van der Waals surface area contributed by atoms with Gasteiger partial charge in [-0.15, -0.1) is 0 Å². The van der Waals surface area contributed by atoms with Crippen LogP contribution in [0.4, 0.5) is 0 Å². The maximum atomic E-state index is 12.5. The van der Waals surface area contributed by atoms with Crippen LogP contribution in [0, 0.1) is 0 Å². The van der Waals surface area contributed by atoms with Gasteiger partial charge in [-0.25, -0.2) is 0 Å². The van der Waals surface area contributed by atoms with Crippen LogP contribution < -0.4 is 5.32 Å². The minimum atomic E-state index is 0.0809. The zero-order valence-corrected chi connectivity index (χ0v) is 12.1. The summed E-state index contributed by atoms with van der Waals surface area (Å²) in [5.74, 6) is 0.0809. The fraction of sp³-hybridized carbons (Fsp3) is 0.714. The number of aromatic nitrogens is 2. The average molecular weight is 264 g/mol. The molecule has 1 amide bonds. The number of hydrogen-bond donors (Lipinski definition) is 1. The summed E-state index contributed by atoms with van der Waals surface area (Å²) in [4.78, 5) is 14.3. The van der Waals surface area contributed by atoms with Gasteiger partial charge in [0.05, 0.1) is 11.3 Å². The van der Waals surface area contributed by atoms with Gasteiger partial charge in [0.1, 0.15) is 0 Å². The zero-order chi connectivity index (χ0) is 13.8. The molecule has 1 aliphatic heterocycles. The van der Waals surface area contributed by atoms with E-state index in [0.717, 1.165) is 37.2 Å². The predicted octanol–water partition coefficient (Wildman–Crippen LogP) is 1.20. The largest absolute Gasteiger partial charge is 0.340 e. The molecule has 5 nitrogen and oxygen atoms in total. The van der Waals surface area contributed by atoms with Gasteiger partial charge in [-0.1, -0.05) is 13.3 Å². The number of rotatable bonds is 4. The molecule has 1 aliphatic rings. The van der Waals surface area contributed by atoms with Crippen LogP contribution in [0.15, 0.2) is 6.20 Å². The Morgan fingerprint density at radius 3 is 3.00 bits per heavy atom. The average Bonchev–Trinajstić information content (AvgIpc) is 2.80. The van der Waals surface area contributed by atoms with Crippen LogP contribution in [-0.4, -0.2) is 46.8 Å². The molecule has 1 aromatic rings. The summed E-state index contributed by atoms with van der Waals surface area (Å²) < 4.78 is 1.72. The number of carbonyl (C=O) groups is 1. The van der Waals surface area contributed by atoms with Crippen LogP contribution in [-0.2, 0) is 13.5 Å². The number of nitrogens with zero attached hydrogens (tertiary/aromatic N) is 3. The van der Waals surface area contributed by atoms with E-state index in [1.165, 1.54) is 12.8 Å². The van der Waals surface area contributed by atoms with Gasteiger partial charge in [-0.3, -0.25) is 9.48 Å². The number of amides is 1. The lowest BCUT2D eigenvalue weighted by Gasteiger charge is -2.28. The van der Waals surface area contributed by atoms with Crippen molar-refractivity contribution in [3.8, 4) is 0 Å². The van der Waals surface area contributed by atoms with E-state index < -0.39 is 0 Å². The summed E-state index contributed by atoms with van der Waals surface area (Å²) in [6, 6.07) is 0.435. The Bertz CT molecular complexity index is 435. The lowest BCUT2D eigenvalue weighted by molar-refractivity contribution is 0.0774. The quantitative estimate of drug-likeness (QED) is 0.889. The van der Waals surface area contributed by atoms with Crippen molar-refractivity contribution in [2.45, 2.75) is 38.6 Å². The fourth-order valence-electron chi connectivity index (χ4n) is 2.67. The highest BCUT2D eigenvalue weighted by Gasteiger charge is 2.21.